The Bertz CT molecular complexity index is 392. The van der Waals surface area contributed by atoms with E-state index in [1.807, 2.05) is 13.0 Å². The highest BCUT2D eigenvalue weighted by Gasteiger charge is 1.96. The molecule has 1 heterocycles. The first kappa shape index (κ1) is 9.07. The molecule has 0 atom stereocenters. The van der Waals surface area contributed by atoms with E-state index in [-0.39, 0.29) is 12.4 Å². The maximum atomic E-state index is 4.30. The van der Waals surface area contributed by atoms with E-state index in [0.29, 0.717) is 0 Å². The van der Waals surface area contributed by atoms with Crippen molar-refractivity contribution >= 4 is 23.4 Å². The summed E-state index contributed by atoms with van der Waals surface area (Å²) >= 11 is 0. The first-order valence-corrected chi connectivity index (χ1v) is 3.69. The van der Waals surface area contributed by atoms with Crippen LogP contribution in [0.25, 0.3) is 11.0 Å². The lowest BCUT2D eigenvalue weighted by Gasteiger charge is -1.89. The van der Waals surface area contributed by atoms with Crippen molar-refractivity contribution in [1.29, 1.82) is 0 Å². The van der Waals surface area contributed by atoms with Gasteiger partial charge in [0, 0.05) is 0 Å². The summed E-state index contributed by atoms with van der Waals surface area (Å²) < 4.78 is 0. The highest BCUT2D eigenvalue weighted by atomic mass is 35.5. The van der Waals surface area contributed by atoms with Crippen molar-refractivity contribution in [1.82, 2.24) is 9.97 Å². The van der Waals surface area contributed by atoms with Gasteiger partial charge in [0.05, 0.1) is 11.0 Å². The molecular formula is C9H11ClN2. The number of hydrogen-bond donors (Lipinski definition) is 1. The second-order valence-corrected chi connectivity index (χ2v) is 2.84. The highest BCUT2D eigenvalue weighted by molar-refractivity contribution is 5.85. The monoisotopic (exact) mass is 182 g/mol. The number of benzene rings is 1. The number of halogens is 1. The molecule has 0 saturated heterocycles. The third-order valence-electron chi connectivity index (χ3n) is 1.76. The fourth-order valence-electron chi connectivity index (χ4n) is 1.25. The van der Waals surface area contributed by atoms with Gasteiger partial charge in [0.2, 0.25) is 0 Å². The van der Waals surface area contributed by atoms with Gasteiger partial charge >= 0.3 is 0 Å². The van der Waals surface area contributed by atoms with Gasteiger partial charge in [-0.1, -0.05) is 6.07 Å². The molecule has 0 amide bonds. The van der Waals surface area contributed by atoms with Crippen LogP contribution < -0.4 is 0 Å². The van der Waals surface area contributed by atoms with E-state index < -0.39 is 0 Å². The Morgan fingerprint density at radius 3 is 2.75 bits per heavy atom. The van der Waals surface area contributed by atoms with Crippen LogP contribution in [0.1, 0.15) is 11.4 Å². The summed E-state index contributed by atoms with van der Waals surface area (Å²) in [5.74, 6) is 0.977. The van der Waals surface area contributed by atoms with Gasteiger partial charge in [-0.3, -0.25) is 0 Å². The number of nitrogens with one attached hydrogen (secondary N) is 1. The number of hydrogen-bond acceptors (Lipinski definition) is 1. The third-order valence-corrected chi connectivity index (χ3v) is 1.76. The number of aromatic amines is 1. The van der Waals surface area contributed by atoms with Gasteiger partial charge in [0.1, 0.15) is 5.82 Å². The third kappa shape index (κ3) is 1.43. The zero-order valence-corrected chi connectivity index (χ0v) is 7.90. The minimum Gasteiger partial charge on any atom is -0.342 e. The number of aryl methyl sites for hydroxylation is 2. The van der Waals surface area contributed by atoms with Crippen molar-refractivity contribution in [2.75, 3.05) is 0 Å². The number of fused-ring (bicyclic) bond motifs is 1. The average Bonchev–Trinajstić information content (AvgIpc) is 2.27. The van der Waals surface area contributed by atoms with Crippen molar-refractivity contribution in [3.05, 3.63) is 29.6 Å². The van der Waals surface area contributed by atoms with E-state index in [0.717, 1.165) is 16.9 Å². The molecule has 0 aliphatic rings. The molecule has 2 aromatic rings. The van der Waals surface area contributed by atoms with Crippen LogP contribution in [0.5, 0.6) is 0 Å². The Morgan fingerprint density at radius 1 is 1.25 bits per heavy atom. The van der Waals surface area contributed by atoms with Gasteiger partial charge in [0.25, 0.3) is 0 Å². The smallest absolute Gasteiger partial charge is 0.104 e. The number of aromatic nitrogens is 2. The standard InChI is InChI=1S/C9H10N2.ClH/c1-6-3-4-8-9(5-6)11-7(2)10-8;/h3-5H,1-2H3,(H,10,11);1H. The van der Waals surface area contributed by atoms with E-state index in [9.17, 15) is 0 Å². The zero-order chi connectivity index (χ0) is 7.84. The van der Waals surface area contributed by atoms with E-state index in [1.54, 1.807) is 0 Å². The van der Waals surface area contributed by atoms with Crippen LogP contribution in [0.3, 0.4) is 0 Å². The summed E-state index contributed by atoms with van der Waals surface area (Å²) in [5.41, 5.74) is 3.44. The molecule has 1 aromatic carbocycles. The molecule has 0 bridgehead atoms. The second kappa shape index (κ2) is 3.15. The van der Waals surface area contributed by atoms with Crippen molar-refractivity contribution in [2.24, 2.45) is 0 Å². The van der Waals surface area contributed by atoms with Gasteiger partial charge in [-0.25, -0.2) is 4.98 Å². The molecule has 64 valence electrons. The van der Waals surface area contributed by atoms with Gasteiger partial charge < -0.3 is 4.98 Å². The molecule has 0 radical (unpaired) electrons. The minimum atomic E-state index is 0. The van der Waals surface area contributed by atoms with Crippen molar-refractivity contribution in [3.63, 3.8) is 0 Å². The fourth-order valence-corrected chi connectivity index (χ4v) is 1.25. The molecule has 2 rings (SSSR count). The van der Waals surface area contributed by atoms with Crippen LogP contribution >= 0.6 is 12.4 Å². The average molecular weight is 183 g/mol. The van der Waals surface area contributed by atoms with Gasteiger partial charge in [0.15, 0.2) is 0 Å². The van der Waals surface area contributed by atoms with Crippen molar-refractivity contribution in [3.8, 4) is 0 Å². The van der Waals surface area contributed by atoms with Gasteiger partial charge in [-0.15, -0.1) is 12.4 Å². The normalized spacial score (nSPS) is 9.83. The van der Waals surface area contributed by atoms with Gasteiger partial charge in [-0.2, -0.15) is 0 Å². The molecule has 2 nitrogen and oxygen atoms in total. The summed E-state index contributed by atoms with van der Waals surface area (Å²) in [6.07, 6.45) is 0. The van der Waals surface area contributed by atoms with Crippen LogP contribution in [0.4, 0.5) is 0 Å². The van der Waals surface area contributed by atoms with E-state index in [1.165, 1.54) is 5.56 Å². The molecule has 0 saturated carbocycles. The molecule has 0 fully saturated rings. The Hall–Kier alpha value is -1.02. The van der Waals surface area contributed by atoms with Crippen molar-refractivity contribution < 1.29 is 0 Å². The molecule has 1 aromatic heterocycles. The lowest BCUT2D eigenvalue weighted by Crippen LogP contribution is -1.71. The maximum Gasteiger partial charge on any atom is 0.104 e. The fraction of sp³-hybridized carbons (Fsp3) is 0.222. The summed E-state index contributed by atoms with van der Waals surface area (Å²) in [6.45, 7) is 4.05. The zero-order valence-electron chi connectivity index (χ0n) is 7.09. The Labute approximate surface area is 77.4 Å². The summed E-state index contributed by atoms with van der Waals surface area (Å²) in [4.78, 5) is 7.49. The maximum absolute atomic E-state index is 4.30. The van der Waals surface area contributed by atoms with Crippen molar-refractivity contribution in [2.45, 2.75) is 13.8 Å². The van der Waals surface area contributed by atoms with Crippen LogP contribution in [0, 0.1) is 13.8 Å². The van der Waals surface area contributed by atoms with E-state index in [4.69, 9.17) is 0 Å². The predicted molar refractivity (Wildman–Crippen MR) is 52.8 cm³/mol. The lowest BCUT2D eigenvalue weighted by molar-refractivity contribution is 1.17. The first-order valence-electron chi connectivity index (χ1n) is 3.69. The molecule has 12 heavy (non-hydrogen) atoms. The van der Waals surface area contributed by atoms with Crippen LogP contribution in [-0.2, 0) is 0 Å². The Morgan fingerprint density at radius 2 is 2.00 bits per heavy atom. The molecule has 0 aliphatic carbocycles. The first-order chi connectivity index (χ1) is 5.25. The number of H-pyrrole nitrogens is 1. The summed E-state index contributed by atoms with van der Waals surface area (Å²) in [5, 5.41) is 0. The topological polar surface area (TPSA) is 28.7 Å². The molecule has 0 spiro atoms. The molecule has 3 heteroatoms. The second-order valence-electron chi connectivity index (χ2n) is 2.84. The van der Waals surface area contributed by atoms with Crippen LogP contribution in [0.15, 0.2) is 18.2 Å². The molecule has 1 N–H and O–H groups in total. The van der Waals surface area contributed by atoms with Crippen LogP contribution in [-0.4, -0.2) is 9.97 Å². The number of nitrogens with zero attached hydrogens (tertiary/aromatic N) is 1. The Balaban J connectivity index is 0.000000720. The minimum absolute atomic E-state index is 0. The number of imidazole rings is 1. The Kier molecular flexibility index (Phi) is 2.38. The predicted octanol–water partition coefficient (Wildman–Crippen LogP) is 2.60. The summed E-state index contributed by atoms with van der Waals surface area (Å²) in [7, 11) is 0. The quantitative estimate of drug-likeness (QED) is 0.667. The lowest BCUT2D eigenvalue weighted by atomic mass is 10.2. The largest absolute Gasteiger partial charge is 0.342 e. The number of rotatable bonds is 0. The van der Waals surface area contributed by atoms with Gasteiger partial charge in [-0.05, 0) is 31.5 Å². The molecular weight excluding hydrogens is 172 g/mol. The van der Waals surface area contributed by atoms with Crippen LogP contribution in [0.2, 0.25) is 0 Å². The molecule has 0 aliphatic heterocycles. The van der Waals surface area contributed by atoms with E-state index >= 15 is 0 Å². The highest BCUT2D eigenvalue weighted by Crippen LogP contribution is 2.12. The molecule has 0 unspecified atom stereocenters. The SMILES string of the molecule is Cc1ccc2nc(C)[nH]c2c1.Cl. The summed E-state index contributed by atoms with van der Waals surface area (Å²) in [6, 6.07) is 6.21. The van der Waals surface area contributed by atoms with E-state index in [2.05, 4.69) is 29.0 Å².